The van der Waals surface area contributed by atoms with Crippen LogP contribution in [0, 0.1) is 0 Å². The molecule has 4 aliphatic rings. The fraction of sp³-hybridized carbons (Fsp3) is 0.857. The molecule has 0 bridgehead atoms. The van der Waals surface area contributed by atoms with Crippen LogP contribution in [0.4, 0.5) is 23.8 Å². The zero-order valence-electron chi connectivity index (χ0n) is 59.7. The van der Waals surface area contributed by atoms with Gasteiger partial charge in [0.1, 0.15) is 12.2 Å². The predicted molar refractivity (Wildman–Crippen MR) is 365 cm³/mol. The van der Waals surface area contributed by atoms with Gasteiger partial charge in [-0.25, -0.2) is 0 Å². The van der Waals surface area contributed by atoms with Crippen molar-refractivity contribution in [1.82, 2.24) is 50.7 Å². The molecule has 18 nitrogen and oxygen atoms in total. The first-order chi connectivity index (χ1) is 41.2. The Morgan fingerprint density at radius 3 is 0.955 bits per heavy atom. The van der Waals surface area contributed by atoms with Crippen molar-refractivity contribution in [3.8, 4) is 12.0 Å². The van der Waals surface area contributed by atoms with Crippen molar-refractivity contribution in [3.05, 3.63) is 25.3 Å². The molecule has 4 saturated heterocycles. The SMILES string of the molecule is C=CCON1C(C)(C)CC(Oc2nc(N(CCCC)CCCC)nc(N(CCCCCCN(c3nc(OC4CC(C)(C)N(OCC=C)C(C)(C)C4)nc(N(CCCC)CCCC)n3)C3CC(C)(C)NC(C)(C)C3)C3CC(C)(C)NC(C)(C)C3)n2)CC1(C)C. The Bertz CT molecular complexity index is 2230. The second kappa shape index (κ2) is 31.1. The molecule has 0 aliphatic carbocycles. The molecule has 0 amide bonds. The van der Waals surface area contributed by atoms with Crippen LogP contribution < -0.4 is 39.7 Å². The lowest BCUT2D eigenvalue weighted by Gasteiger charge is -2.53. The number of nitrogens with one attached hydrogen (secondary N) is 2. The zero-order chi connectivity index (χ0) is 64.9. The summed E-state index contributed by atoms with van der Waals surface area (Å²) in [5.41, 5.74) is -1.59. The normalized spacial score (nSPS) is 21.8. The van der Waals surface area contributed by atoms with E-state index >= 15 is 0 Å². The van der Waals surface area contributed by atoms with Crippen molar-refractivity contribution >= 4 is 23.8 Å². The van der Waals surface area contributed by atoms with E-state index in [0.29, 0.717) is 25.2 Å². The van der Waals surface area contributed by atoms with Crippen LogP contribution in [0.2, 0.25) is 0 Å². The number of aromatic nitrogens is 6. The van der Waals surface area contributed by atoms with Gasteiger partial charge in [0.05, 0.1) is 13.2 Å². The number of piperidine rings is 4. The molecule has 88 heavy (non-hydrogen) atoms. The topological polar surface area (TPSA) is 158 Å². The third kappa shape index (κ3) is 20.8. The number of rotatable bonds is 35. The highest BCUT2D eigenvalue weighted by Gasteiger charge is 2.50. The first-order valence-corrected chi connectivity index (χ1v) is 34.8. The highest BCUT2D eigenvalue weighted by Crippen LogP contribution is 2.43. The van der Waals surface area contributed by atoms with Gasteiger partial charge in [-0.05, 0) is 175 Å². The van der Waals surface area contributed by atoms with Crippen LogP contribution in [-0.2, 0) is 9.68 Å². The monoisotopic (exact) mass is 1230 g/mol. The molecule has 2 aromatic heterocycles. The standard InChI is InChI=1S/C70H128N14O4/c1-23-29-37-79(38-30-24-2)57-71-59(75-61(73-57)87-55-49-67(15,16)83(85-43-27-5)68(17,18)50-55)81(53-45-63(7,8)77-64(9,10)46-53)41-35-33-34-36-42-82(54-47-65(11,12)78-66(13,14)48-54)60-72-58(80(39-31-25-3)40-32-26-4)74-62(76-60)88-56-51-69(19,20)84(86-44-28-6)70(21,22)52-56/h27-28,53-56,77-78H,5-6,23-26,29-52H2,1-4,7-22H3. The maximum absolute atomic E-state index is 7.09. The number of hydrogen-bond donors (Lipinski definition) is 2. The molecule has 2 aromatic rings. The minimum absolute atomic E-state index is 0.0952. The smallest absolute Gasteiger partial charge is 0.323 e. The van der Waals surface area contributed by atoms with Crippen molar-refractivity contribution < 1.29 is 19.1 Å². The van der Waals surface area contributed by atoms with E-state index in [-0.39, 0.29) is 68.6 Å². The third-order valence-corrected chi connectivity index (χ3v) is 18.5. The Hall–Kier alpha value is -3.94. The molecule has 0 atom stereocenters. The largest absolute Gasteiger partial charge is 0.460 e. The van der Waals surface area contributed by atoms with Gasteiger partial charge in [-0.15, -0.1) is 13.2 Å². The molecule has 0 aromatic carbocycles. The molecule has 4 aliphatic heterocycles. The fourth-order valence-corrected chi connectivity index (χ4v) is 15.9. The molecule has 6 rings (SSSR count). The molecule has 0 radical (unpaired) electrons. The lowest BCUT2D eigenvalue weighted by molar-refractivity contribution is -0.284. The van der Waals surface area contributed by atoms with Crippen molar-refractivity contribution in [2.24, 2.45) is 0 Å². The highest BCUT2D eigenvalue weighted by molar-refractivity contribution is 5.44. The van der Waals surface area contributed by atoms with Crippen molar-refractivity contribution in [3.63, 3.8) is 0 Å². The summed E-state index contributed by atoms with van der Waals surface area (Å²) in [5, 5.41) is 12.3. The van der Waals surface area contributed by atoms with Crippen LogP contribution in [0.3, 0.4) is 0 Å². The van der Waals surface area contributed by atoms with Crippen molar-refractivity contribution in [1.29, 1.82) is 0 Å². The summed E-state index contributed by atoms with van der Waals surface area (Å²) in [4.78, 5) is 54.8. The molecule has 0 saturated carbocycles. The van der Waals surface area contributed by atoms with E-state index in [1.165, 1.54) is 0 Å². The van der Waals surface area contributed by atoms with Gasteiger partial charge in [-0.1, -0.05) is 78.4 Å². The van der Waals surface area contributed by atoms with Crippen LogP contribution in [-0.4, -0.2) is 161 Å². The molecule has 18 heteroatoms. The summed E-state index contributed by atoms with van der Waals surface area (Å²) >= 11 is 0. The van der Waals surface area contributed by atoms with E-state index in [9.17, 15) is 0 Å². The van der Waals surface area contributed by atoms with Gasteiger partial charge in [-0.2, -0.15) is 40.0 Å². The number of nitrogens with zero attached hydrogens (tertiary/aromatic N) is 12. The minimum atomic E-state index is -0.303. The molecule has 502 valence electrons. The second-order valence-electron chi connectivity index (χ2n) is 31.8. The third-order valence-electron chi connectivity index (χ3n) is 18.5. The number of ether oxygens (including phenoxy) is 2. The molecular weight excluding hydrogens is 1100 g/mol. The first-order valence-electron chi connectivity index (χ1n) is 34.8. The summed E-state index contributed by atoms with van der Waals surface area (Å²) < 4.78 is 14.2. The molecule has 0 unspecified atom stereocenters. The van der Waals surface area contributed by atoms with Gasteiger partial charge in [0.25, 0.3) is 0 Å². The van der Waals surface area contributed by atoms with Crippen LogP contribution >= 0.6 is 0 Å². The van der Waals surface area contributed by atoms with Crippen molar-refractivity contribution in [2.45, 2.75) is 335 Å². The number of anilines is 4. The van der Waals surface area contributed by atoms with Gasteiger partial charge in [-0.3, -0.25) is 9.68 Å². The van der Waals surface area contributed by atoms with Gasteiger partial charge < -0.3 is 39.7 Å². The Labute approximate surface area is 536 Å². The van der Waals surface area contributed by atoms with Crippen LogP contribution in [0.1, 0.15) is 267 Å². The Balaban J connectivity index is 1.34. The van der Waals surface area contributed by atoms with Crippen LogP contribution in [0.25, 0.3) is 0 Å². The molecule has 6 heterocycles. The quantitative estimate of drug-likeness (QED) is 0.0495. The Kier molecular flexibility index (Phi) is 25.9. The van der Waals surface area contributed by atoms with E-state index < -0.39 is 0 Å². The maximum Gasteiger partial charge on any atom is 0.323 e. The van der Waals surface area contributed by atoms with E-state index in [0.717, 1.165) is 191 Å². The summed E-state index contributed by atoms with van der Waals surface area (Å²) in [6.45, 7) is 59.7. The highest BCUT2D eigenvalue weighted by atomic mass is 16.7. The Morgan fingerprint density at radius 2 is 0.682 bits per heavy atom. The average molecular weight is 1230 g/mol. The Morgan fingerprint density at radius 1 is 0.398 bits per heavy atom. The summed E-state index contributed by atoms with van der Waals surface area (Å²) in [6, 6.07) is 1.21. The summed E-state index contributed by atoms with van der Waals surface area (Å²) in [5.74, 6) is 2.88. The van der Waals surface area contributed by atoms with E-state index in [2.05, 4.69) is 192 Å². The average Bonchev–Trinajstić information content (AvgIpc) is 0.905. The molecule has 2 N–H and O–H groups in total. The first kappa shape index (κ1) is 73.1. The van der Waals surface area contributed by atoms with E-state index in [1.807, 2.05) is 12.2 Å². The van der Waals surface area contributed by atoms with Gasteiger partial charge in [0.15, 0.2) is 0 Å². The number of hydrogen-bond acceptors (Lipinski definition) is 18. The van der Waals surface area contributed by atoms with E-state index in [1.54, 1.807) is 0 Å². The summed E-state index contributed by atoms with van der Waals surface area (Å²) in [6.07, 6.45) is 22.9. The van der Waals surface area contributed by atoms with E-state index in [4.69, 9.17) is 49.1 Å². The number of unbranched alkanes of at least 4 members (excludes halogenated alkanes) is 7. The maximum atomic E-state index is 7.09. The lowest BCUT2D eigenvalue weighted by atomic mass is 9.79. The van der Waals surface area contributed by atoms with Gasteiger partial charge in [0, 0.05) is 121 Å². The zero-order valence-corrected chi connectivity index (χ0v) is 59.7. The second-order valence-corrected chi connectivity index (χ2v) is 31.8. The lowest BCUT2D eigenvalue weighted by Crippen LogP contribution is -2.62. The molecular formula is C70H128N14O4. The predicted octanol–water partition coefficient (Wildman–Crippen LogP) is 14.4. The summed E-state index contributed by atoms with van der Waals surface area (Å²) in [7, 11) is 0. The number of hydroxylamine groups is 4. The minimum Gasteiger partial charge on any atom is -0.460 e. The van der Waals surface area contributed by atoms with Crippen molar-refractivity contribution in [2.75, 3.05) is 72.1 Å². The van der Waals surface area contributed by atoms with Crippen LogP contribution in [0.5, 0.6) is 12.0 Å². The fourth-order valence-electron chi connectivity index (χ4n) is 15.9. The molecule has 4 fully saturated rings. The van der Waals surface area contributed by atoms with Gasteiger partial charge >= 0.3 is 12.0 Å². The van der Waals surface area contributed by atoms with Gasteiger partial charge in [0.2, 0.25) is 23.8 Å². The molecule has 0 spiro atoms. The van der Waals surface area contributed by atoms with Crippen LogP contribution in [0.15, 0.2) is 25.3 Å².